The van der Waals surface area contributed by atoms with E-state index < -0.39 is 0 Å². The molecule has 1 saturated heterocycles. The second-order valence-corrected chi connectivity index (χ2v) is 6.66. The summed E-state index contributed by atoms with van der Waals surface area (Å²) in [6.45, 7) is 3.95. The number of amides is 1. The second-order valence-electron chi connectivity index (χ2n) is 6.66. The Bertz CT molecular complexity index is 921. The van der Waals surface area contributed by atoms with Gasteiger partial charge in [-0.3, -0.25) is 9.78 Å². The topological polar surface area (TPSA) is 87.1 Å². The summed E-state index contributed by atoms with van der Waals surface area (Å²) in [5, 5.41) is 2.83. The first-order valence-corrected chi connectivity index (χ1v) is 9.13. The van der Waals surface area contributed by atoms with Crippen molar-refractivity contribution in [2.75, 3.05) is 43.4 Å². The number of carbonyl (C=O) groups excluding carboxylic acids is 1. The number of hydrogen-bond acceptors (Lipinski definition) is 7. The van der Waals surface area contributed by atoms with E-state index in [0.29, 0.717) is 22.8 Å². The van der Waals surface area contributed by atoms with Crippen LogP contribution in [-0.2, 0) is 0 Å². The molecule has 1 aliphatic heterocycles. The van der Waals surface area contributed by atoms with E-state index in [4.69, 9.17) is 0 Å². The highest BCUT2D eigenvalue weighted by atomic mass is 16.1. The maximum absolute atomic E-state index is 12.4. The van der Waals surface area contributed by atoms with Gasteiger partial charge in [0.15, 0.2) is 5.82 Å². The molecular weight excluding hydrogens is 354 g/mol. The van der Waals surface area contributed by atoms with Crippen LogP contribution in [0.3, 0.4) is 0 Å². The van der Waals surface area contributed by atoms with E-state index in [-0.39, 0.29) is 5.91 Å². The van der Waals surface area contributed by atoms with Crippen molar-refractivity contribution < 1.29 is 4.79 Å². The predicted molar refractivity (Wildman–Crippen MR) is 107 cm³/mol. The Labute approximate surface area is 163 Å². The first-order chi connectivity index (χ1) is 13.7. The van der Waals surface area contributed by atoms with Crippen LogP contribution in [0.4, 0.5) is 11.5 Å². The van der Waals surface area contributed by atoms with Crippen LogP contribution in [0.2, 0.25) is 0 Å². The molecule has 0 saturated carbocycles. The molecular formula is C20H21N7O. The van der Waals surface area contributed by atoms with Crippen molar-refractivity contribution in [3.8, 4) is 11.5 Å². The molecule has 142 valence electrons. The smallest absolute Gasteiger partial charge is 0.258 e. The summed E-state index contributed by atoms with van der Waals surface area (Å²) < 4.78 is 0. The lowest BCUT2D eigenvalue weighted by Gasteiger charge is -2.33. The number of nitrogens with one attached hydrogen (secondary N) is 1. The number of carbonyl (C=O) groups is 1. The van der Waals surface area contributed by atoms with Gasteiger partial charge in [0.05, 0.1) is 17.4 Å². The summed E-state index contributed by atoms with van der Waals surface area (Å²) in [5.74, 6) is 1.13. The molecule has 1 amide bonds. The van der Waals surface area contributed by atoms with Crippen molar-refractivity contribution in [3.63, 3.8) is 0 Å². The molecule has 3 aromatic heterocycles. The zero-order valence-corrected chi connectivity index (χ0v) is 15.6. The van der Waals surface area contributed by atoms with E-state index in [1.54, 1.807) is 12.4 Å². The monoisotopic (exact) mass is 375 g/mol. The Morgan fingerprint density at radius 3 is 2.36 bits per heavy atom. The van der Waals surface area contributed by atoms with E-state index in [9.17, 15) is 4.79 Å². The van der Waals surface area contributed by atoms with Crippen LogP contribution in [0, 0.1) is 0 Å². The molecule has 1 aliphatic rings. The first kappa shape index (κ1) is 18.0. The number of aromatic nitrogens is 4. The number of pyridine rings is 2. The Hall–Kier alpha value is -3.39. The fourth-order valence-electron chi connectivity index (χ4n) is 2.96. The second kappa shape index (κ2) is 8.10. The van der Waals surface area contributed by atoms with Gasteiger partial charge in [0, 0.05) is 44.8 Å². The van der Waals surface area contributed by atoms with Crippen molar-refractivity contribution in [2.24, 2.45) is 0 Å². The Morgan fingerprint density at radius 2 is 1.71 bits per heavy atom. The maximum atomic E-state index is 12.4. The SMILES string of the molecule is CN1CCN(c2ccc(NC(=O)c3cnc(-c4ccccn4)nc3)cn2)CC1. The third-order valence-electron chi connectivity index (χ3n) is 4.64. The van der Waals surface area contributed by atoms with Crippen molar-refractivity contribution in [1.82, 2.24) is 24.8 Å². The molecule has 0 bridgehead atoms. The summed E-state index contributed by atoms with van der Waals surface area (Å²) in [4.78, 5) is 34.1. The minimum absolute atomic E-state index is 0.276. The fraction of sp³-hybridized carbons (Fsp3) is 0.250. The normalized spacial score (nSPS) is 14.7. The molecule has 4 rings (SSSR count). The van der Waals surface area contributed by atoms with E-state index in [2.05, 4.69) is 42.1 Å². The summed E-state index contributed by atoms with van der Waals surface area (Å²) in [5.41, 5.74) is 1.68. The zero-order valence-electron chi connectivity index (χ0n) is 15.6. The Balaban J connectivity index is 1.39. The van der Waals surface area contributed by atoms with Crippen LogP contribution in [-0.4, -0.2) is 64.0 Å². The summed E-state index contributed by atoms with van der Waals surface area (Å²) >= 11 is 0. The van der Waals surface area contributed by atoms with Gasteiger partial charge in [0.2, 0.25) is 0 Å². The van der Waals surface area contributed by atoms with Crippen LogP contribution in [0.1, 0.15) is 10.4 Å². The quantitative estimate of drug-likeness (QED) is 0.746. The van der Waals surface area contributed by atoms with Gasteiger partial charge in [0.1, 0.15) is 11.5 Å². The van der Waals surface area contributed by atoms with Crippen LogP contribution in [0.5, 0.6) is 0 Å². The van der Waals surface area contributed by atoms with Gasteiger partial charge in [0.25, 0.3) is 5.91 Å². The van der Waals surface area contributed by atoms with Crippen molar-refractivity contribution in [3.05, 3.63) is 60.7 Å². The van der Waals surface area contributed by atoms with E-state index in [1.165, 1.54) is 12.4 Å². The van der Waals surface area contributed by atoms with Crippen LogP contribution < -0.4 is 10.2 Å². The highest BCUT2D eigenvalue weighted by Crippen LogP contribution is 2.17. The van der Waals surface area contributed by atoms with Crippen LogP contribution in [0.15, 0.2) is 55.1 Å². The third-order valence-corrected chi connectivity index (χ3v) is 4.64. The van der Waals surface area contributed by atoms with Gasteiger partial charge in [-0.2, -0.15) is 0 Å². The molecule has 8 nitrogen and oxygen atoms in total. The van der Waals surface area contributed by atoms with Gasteiger partial charge in [-0.25, -0.2) is 15.0 Å². The summed E-state index contributed by atoms with van der Waals surface area (Å²) in [7, 11) is 2.12. The molecule has 0 aliphatic carbocycles. The summed E-state index contributed by atoms with van der Waals surface area (Å²) in [6.07, 6.45) is 6.35. The minimum atomic E-state index is -0.276. The molecule has 1 fully saturated rings. The average Bonchev–Trinajstić information content (AvgIpc) is 2.76. The van der Waals surface area contributed by atoms with Gasteiger partial charge >= 0.3 is 0 Å². The highest BCUT2D eigenvalue weighted by molar-refractivity contribution is 6.03. The van der Waals surface area contributed by atoms with Gasteiger partial charge < -0.3 is 15.1 Å². The number of likely N-dealkylation sites (N-methyl/N-ethyl adjacent to an activating group) is 1. The number of hydrogen-bond donors (Lipinski definition) is 1. The lowest BCUT2D eigenvalue weighted by molar-refractivity contribution is 0.102. The Morgan fingerprint density at radius 1 is 0.929 bits per heavy atom. The van der Waals surface area contributed by atoms with E-state index >= 15 is 0 Å². The molecule has 0 atom stereocenters. The fourth-order valence-corrected chi connectivity index (χ4v) is 2.96. The molecule has 3 aromatic rings. The molecule has 0 unspecified atom stereocenters. The van der Waals surface area contributed by atoms with Gasteiger partial charge in [-0.05, 0) is 31.3 Å². The molecule has 0 spiro atoms. The molecule has 4 heterocycles. The van der Waals surface area contributed by atoms with E-state index in [1.807, 2.05) is 30.3 Å². The Kier molecular flexibility index (Phi) is 5.20. The van der Waals surface area contributed by atoms with Gasteiger partial charge in [-0.15, -0.1) is 0 Å². The third kappa shape index (κ3) is 4.12. The molecule has 0 aromatic carbocycles. The maximum Gasteiger partial charge on any atom is 0.258 e. The average molecular weight is 375 g/mol. The molecule has 8 heteroatoms. The van der Waals surface area contributed by atoms with Crippen LogP contribution in [0.25, 0.3) is 11.5 Å². The molecule has 28 heavy (non-hydrogen) atoms. The summed E-state index contributed by atoms with van der Waals surface area (Å²) in [6, 6.07) is 9.31. The highest BCUT2D eigenvalue weighted by Gasteiger charge is 2.15. The van der Waals surface area contributed by atoms with Crippen molar-refractivity contribution in [2.45, 2.75) is 0 Å². The predicted octanol–water partition coefficient (Wildman–Crippen LogP) is 1.94. The first-order valence-electron chi connectivity index (χ1n) is 9.13. The van der Waals surface area contributed by atoms with E-state index in [0.717, 1.165) is 32.0 Å². The van der Waals surface area contributed by atoms with Crippen molar-refractivity contribution in [1.29, 1.82) is 0 Å². The lowest BCUT2D eigenvalue weighted by Crippen LogP contribution is -2.44. The van der Waals surface area contributed by atoms with Crippen LogP contribution >= 0.6 is 0 Å². The van der Waals surface area contributed by atoms with Crippen molar-refractivity contribution >= 4 is 17.4 Å². The van der Waals surface area contributed by atoms with Gasteiger partial charge in [-0.1, -0.05) is 6.07 Å². The number of anilines is 2. The standard InChI is InChI=1S/C20H21N7O/c1-26-8-10-27(11-9-26)18-6-5-16(14-22-18)25-20(28)15-12-23-19(24-13-15)17-4-2-3-7-21-17/h2-7,12-14H,8-11H2,1H3,(H,25,28). The minimum Gasteiger partial charge on any atom is -0.354 e. The number of rotatable bonds is 4. The number of piperazine rings is 1. The largest absolute Gasteiger partial charge is 0.354 e. The molecule has 1 N–H and O–H groups in total. The molecule has 0 radical (unpaired) electrons. The lowest BCUT2D eigenvalue weighted by atomic mass is 10.2. The zero-order chi connectivity index (χ0) is 19.3. The number of nitrogens with zero attached hydrogens (tertiary/aromatic N) is 6.